The highest BCUT2D eigenvalue weighted by Crippen LogP contribution is 2.21. The molecule has 0 bridgehead atoms. The van der Waals surface area contributed by atoms with Crippen molar-refractivity contribution in [2.75, 3.05) is 23.7 Å². The summed E-state index contributed by atoms with van der Waals surface area (Å²) in [6, 6.07) is 7.21. The summed E-state index contributed by atoms with van der Waals surface area (Å²) in [5.74, 6) is -0.483. The second-order valence-electron chi connectivity index (χ2n) is 7.45. The highest BCUT2D eigenvalue weighted by atomic mass is 16.2. The van der Waals surface area contributed by atoms with Gasteiger partial charge in [-0.05, 0) is 75.2 Å². The highest BCUT2D eigenvalue weighted by molar-refractivity contribution is 6.05. The highest BCUT2D eigenvalue weighted by Gasteiger charge is 2.21. The van der Waals surface area contributed by atoms with E-state index in [1.807, 2.05) is 13.0 Å². The summed E-state index contributed by atoms with van der Waals surface area (Å²) in [5, 5.41) is 8.94. The molecule has 29 heavy (non-hydrogen) atoms. The molecule has 2 heterocycles. The number of benzene rings is 1. The number of hydrogen-bond acceptors (Lipinski definition) is 4. The standard InChI is InChI=1S/C22H28N4O3/c1-4-19(27)24-16-5-6-18(15(3)13-16)25-21(28)20-14(2)9-12-26(22(20)29)17-7-10-23-11-8-17/h5-6,9,12-13,17,23H,4,7-8,10-11H2,1-3H3,(H,24,27)(H,25,28). The third-order valence-electron chi connectivity index (χ3n) is 5.34. The lowest BCUT2D eigenvalue weighted by molar-refractivity contribution is -0.115. The topological polar surface area (TPSA) is 92.2 Å². The molecule has 3 N–H and O–H groups in total. The van der Waals surface area contributed by atoms with Gasteiger partial charge in [-0.1, -0.05) is 6.92 Å². The zero-order chi connectivity index (χ0) is 21.0. The SMILES string of the molecule is CCC(=O)Nc1ccc(NC(=O)c2c(C)ccn(C3CCNCC3)c2=O)c(C)c1. The number of rotatable bonds is 5. The maximum Gasteiger partial charge on any atom is 0.263 e. The molecule has 1 fully saturated rings. The Labute approximate surface area is 170 Å². The van der Waals surface area contributed by atoms with Gasteiger partial charge in [-0.15, -0.1) is 0 Å². The Morgan fingerprint density at radius 2 is 1.83 bits per heavy atom. The van der Waals surface area contributed by atoms with Crippen LogP contribution in [0.4, 0.5) is 11.4 Å². The summed E-state index contributed by atoms with van der Waals surface area (Å²) >= 11 is 0. The molecule has 0 atom stereocenters. The lowest BCUT2D eigenvalue weighted by Crippen LogP contribution is -2.37. The molecule has 0 spiro atoms. The molecule has 7 nitrogen and oxygen atoms in total. The number of aryl methyl sites for hydroxylation is 2. The number of carbonyl (C=O) groups excluding carboxylic acids is 2. The number of carbonyl (C=O) groups is 2. The van der Waals surface area contributed by atoms with Crippen LogP contribution in [0.3, 0.4) is 0 Å². The van der Waals surface area contributed by atoms with Crippen molar-refractivity contribution in [3.8, 4) is 0 Å². The van der Waals surface area contributed by atoms with E-state index in [2.05, 4.69) is 16.0 Å². The average molecular weight is 396 g/mol. The number of hydrogen-bond donors (Lipinski definition) is 3. The third kappa shape index (κ3) is 4.74. The van der Waals surface area contributed by atoms with Crippen LogP contribution in [-0.2, 0) is 4.79 Å². The van der Waals surface area contributed by atoms with Crippen molar-refractivity contribution < 1.29 is 9.59 Å². The summed E-state index contributed by atoms with van der Waals surface area (Å²) in [6.45, 7) is 7.15. The smallest absolute Gasteiger partial charge is 0.263 e. The minimum absolute atomic E-state index is 0.0699. The molecular formula is C22H28N4O3. The van der Waals surface area contributed by atoms with E-state index >= 15 is 0 Å². The molecule has 1 aliphatic rings. The van der Waals surface area contributed by atoms with Crippen molar-refractivity contribution in [3.63, 3.8) is 0 Å². The van der Waals surface area contributed by atoms with E-state index in [0.717, 1.165) is 31.5 Å². The van der Waals surface area contributed by atoms with Gasteiger partial charge >= 0.3 is 0 Å². The largest absolute Gasteiger partial charge is 0.326 e. The first kappa shape index (κ1) is 20.8. The molecule has 1 aromatic carbocycles. The van der Waals surface area contributed by atoms with Crippen molar-refractivity contribution in [2.24, 2.45) is 0 Å². The molecule has 7 heteroatoms. The fraction of sp³-hybridized carbons (Fsp3) is 0.409. The summed E-state index contributed by atoms with van der Waals surface area (Å²) in [7, 11) is 0. The molecule has 1 saturated heterocycles. The van der Waals surface area contributed by atoms with Crippen LogP contribution in [0.15, 0.2) is 35.3 Å². The number of nitrogens with zero attached hydrogens (tertiary/aromatic N) is 1. The van der Waals surface area contributed by atoms with E-state index < -0.39 is 5.91 Å². The van der Waals surface area contributed by atoms with Crippen LogP contribution in [-0.4, -0.2) is 29.5 Å². The molecule has 1 aromatic heterocycles. The number of aromatic nitrogens is 1. The molecule has 154 valence electrons. The number of nitrogens with one attached hydrogen (secondary N) is 3. The molecule has 0 radical (unpaired) electrons. The number of amides is 2. The first-order chi connectivity index (χ1) is 13.9. The Morgan fingerprint density at radius 1 is 1.10 bits per heavy atom. The maximum absolute atomic E-state index is 13.0. The van der Waals surface area contributed by atoms with Gasteiger partial charge in [-0.2, -0.15) is 0 Å². The van der Waals surface area contributed by atoms with E-state index in [0.29, 0.717) is 23.4 Å². The lowest BCUT2D eigenvalue weighted by atomic mass is 10.0. The first-order valence-corrected chi connectivity index (χ1v) is 10.0. The van der Waals surface area contributed by atoms with Crippen molar-refractivity contribution in [1.29, 1.82) is 0 Å². The molecule has 2 amide bonds. The Kier molecular flexibility index (Phi) is 6.49. The molecule has 1 aliphatic heterocycles. The Morgan fingerprint density at radius 3 is 2.48 bits per heavy atom. The van der Waals surface area contributed by atoms with E-state index in [-0.39, 0.29) is 23.1 Å². The monoisotopic (exact) mass is 396 g/mol. The zero-order valence-electron chi connectivity index (χ0n) is 17.2. The van der Waals surface area contributed by atoms with Crippen molar-refractivity contribution in [3.05, 3.63) is 57.5 Å². The van der Waals surface area contributed by atoms with Crippen molar-refractivity contribution in [1.82, 2.24) is 9.88 Å². The minimum atomic E-state index is -0.413. The van der Waals surface area contributed by atoms with Crippen LogP contribution in [0.25, 0.3) is 0 Å². The van der Waals surface area contributed by atoms with Gasteiger partial charge in [0.05, 0.1) is 0 Å². The predicted molar refractivity (Wildman–Crippen MR) is 115 cm³/mol. The van der Waals surface area contributed by atoms with E-state index in [9.17, 15) is 14.4 Å². The predicted octanol–water partition coefficient (Wildman–Crippen LogP) is 2.99. The summed E-state index contributed by atoms with van der Waals surface area (Å²) < 4.78 is 1.69. The fourth-order valence-corrected chi connectivity index (χ4v) is 3.61. The number of pyridine rings is 1. The van der Waals surface area contributed by atoms with Gasteiger partial charge < -0.3 is 20.5 Å². The van der Waals surface area contributed by atoms with Crippen LogP contribution < -0.4 is 21.5 Å². The van der Waals surface area contributed by atoms with Crippen LogP contribution in [0.5, 0.6) is 0 Å². The average Bonchev–Trinajstić information content (AvgIpc) is 2.70. The lowest BCUT2D eigenvalue weighted by Gasteiger charge is -2.25. The molecule has 3 rings (SSSR count). The van der Waals surface area contributed by atoms with Gasteiger partial charge in [0, 0.05) is 30.0 Å². The minimum Gasteiger partial charge on any atom is -0.326 e. The normalized spacial score (nSPS) is 14.4. The van der Waals surface area contributed by atoms with Crippen molar-refractivity contribution >= 4 is 23.2 Å². The first-order valence-electron chi connectivity index (χ1n) is 10.0. The van der Waals surface area contributed by atoms with Crippen LogP contribution in [0, 0.1) is 13.8 Å². The van der Waals surface area contributed by atoms with E-state index in [1.165, 1.54) is 0 Å². The van der Waals surface area contributed by atoms with Gasteiger partial charge in [0.15, 0.2) is 0 Å². The maximum atomic E-state index is 13.0. The fourth-order valence-electron chi connectivity index (χ4n) is 3.61. The number of anilines is 2. The molecular weight excluding hydrogens is 368 g/mol. The van der Waals surface area contributed by atoms with E-state index in [4.69, 9.17) is 0 Å². The molecule has 0 unspecified atom stereocenters. The Hall–Kier alpha value is -2.93. The molecule has 0 saturated carbocycles. The second kappa shape index (κ2) is 9.05. The van der Waals surface area contributed by atoms with Gasteiger partial charge in [-0.3, -0.25) is 14.4 Å². The molecule has 0 aliphatic carbocycles. The quantitative estimate of drug-likeness (QED) is 0.724. The summed E-state index contributed by atoms with van der Waals surface area (Å²) in [4.78, 5) is 37.5. The molecule has 2 aromatic rings. The summed E-state index contributed by atoms with van der Waals surface area (Å²) in [5.41, 5.74) is 2.67. The van der Waals surface area contributed by atoms with Crippen LogP contribution in [0.2, 0.25) is 0 Å². The Balaban J connectivity index is 1.84. The van der Waals surface area contributed by atoms with Crippen LogP contribution in [0.1, 0.15) is 53.7 Å². The van der Waals surface area contributed by atoms with Gasteiger partial charge in [0.1, 0.15) is 5.56 Å². The number of piperidine rings is 1. The summed E-state index contributed by atoms with van der Waals surface area (Å²) in [6.07, 6.45) is 3.93. The van der Waals surface area contributed by atoms with Crippen LogP contribution >= 0.6 is 0 Å². The third-order valence-corrected chi connectivity index (χ3v) is 5.34. The zero-order valence-corrected chi connectivity index (χ0v) is 17.2. The second-order valence-corrected chi connectivity index (χ2v) is 7.45. The van der Waals surface area contributed by atoms with E-state index in [1.54, 1.807) is 42.8 Å². The van der Waals surface area contributed by atoms with Gasteiger partial charge in [0.2, 0.25) is 5.91 Å². The van der Waals surface area contributed by atoms with Crippen molar-refractivity contribution in [2.45, 2.75) is 46.1 Å². The van der Waals surface area contributed by atoms with Gasteiger partial charge in [-0.25, -0.2) is 0 Å². The van der Waals surface area contributed by atoms with Gasteiger partial charge in [0.25, 0.3) is 11.5 Å². The Bertz CT molecular complexity index is 975.